The molecule has 1 heteroatoms. The predicted molar refractivity (Wildman–Crippen MR) is 72.0 cm³/mol. The molecule has 0 saturated heterocycles. The van der Waals surface area contributed by atoms with Gasteiger partial charge < -0.3 is 0 Å². The van der Waals surface area contributed by atoms with Gasteiger partial charge in [0.1, 0.15) is 0 Å². The van der Waals surface area contributed by atoms with Gasteiger partial charge in [-0.15, -0.1) is 11.3 Å². The van der Waals surface area contributed by atoms with E-state index >= 15 is 0 Å². The largest absolute Gasteiger partial charge is 0.143 e. The van der Waals surface area contributed by atoms with Gasteiger partial charge in [-0.3, -0.25) is 0 Å². The van der Waals surface area contributed by atoms with Crippen molar-refractivity contribution in [3.63, 3.8) is 0 Å². The zero-order valence-electron chi connectivity index (χ0n) is 9.10. The Labute approximate surface area is 99.2 Å². The molecule has 3 aromatic rings. The van der Waals surface area contributed by atoms with Crippen LogP contribution in [0.5, 0.6) is 0 Å². The normalized spacial score (nSPS) is 10.8. The van der Waals surface area contributed by atoms with E-state index in [1.807, 2.05) is 11.3 Å². The molecule has 0 radical (unpaired) electrons. The minimum Gasteiger partial charge on any atom is -0.143 e. The second-order valence-electron chi connectivity index (χ2n) is 4.02. The first-order chi connectivity index (χ1) is 7.84. The third-order valence-corrected chi connectivity index (χ3v) is 3.78. The van der Waals surface area contributed by atoms with Crippen molar-refractivity contribution in [1.29, 1.82) is 0 Å². The number of aryl methyl sites for hydroxylation is 1. The summed E-state index contributed by atoms with van der Waals surface area (Å²) in [6, 6.07) is 17.2. The Morgan fingerprint density at radius 3 is 2.56 bits per heavy atom. The molecule has 0 nitrogen and oxygen atoms in total. The van der Waals surface area contributed by atoms with Crippen LogP contribution in [0.3, 0.4) is 0 Å². The first-order valence-corrected chi connectivity index (χ1v) is 6.26. The smallest absolute Gasteiger partial charge is 0.0349 e. The number of benzene rings is 2. The highest BCUT2D eigenvalue weighted by molar-refractivity contribution is 7.17. The Bertz CT molecular complexity index is 620. The van der Waals surface area contributed by atoms with Gasteiger partial charge in [-0.1, -0.05) is 42.0 Å². The van der Waals surface area contributed by atoms with Crippen molar-refractivity contribution in [1.82, 2.24) is 0 Å². The van der Waals surface area contributed by atoms with Gasteiger partial charge in [0.2, 0.25) is 0 Å². The lowest BCUT2D eigenvalue weighted by Gasteiger charge is -2.00. The van der Waals surface area contributed by atoms with E-state index in [0.717, 1.165) is 0 Å². The first-order valence-electron chi connectivity index (χ1n) is 5.38. The maximum atomic E-state index is 2.27. The Morgan fingerprint density at radius 1 is 0.938 bits per heavy atom. The lowest BCUT2D eigenvalue weighted by atomic mass is 10.0. The van der Waals surface area contributed by atoms with Crippen LogP contribution >= 0.6 is 11.3 Å². The van der Waals surface area contributed by atoms with Crippen molar-refractivity contribution in [3.8, 4) is 11.1 Å². The molecule has 1 aromatic heterocycles. The summed E-state index contributed by atoms with van der Waals surface area (Å²) in [5, 5.41) is 3.62. The molecule has 0 atom stereocenters. The van der Waals surface area contributed by atoms with Crippen molar-refractivity contribution < 1.29 is 0 Å². The average molecular weight is 224 g/mol. The molecule has 3 rings (SSSR count). The second-order valence-corrected chi connectivity index (χ2v) is 4.93. The van der Waals surface area contributed by atoms with Gasteiger partial charge in [0.05, 0.1) is 0 Å². The Hall–Kier alpha value is -1.60. The highest BCUT2D eigenvalue weighted by atomic mass is 32.1. The summed E-state index contributed by atoms with van der Waals surface area (Å²) in [5.74, 6) is 0. The molecule has 1 heterocycles. The fourth-order valence-electron chi connectivity index (χ4n) is 1.98. The Balaban J connectivity index is 2.29. The van der Waals surface area contributed by atoms with Crippen LogP contribution in [0.25, 0.3) is 21.2 Å². The third-order valence-electron chi connectivity index (χ3n) is 2.81. The molecule has 0 spiro atoms. The number of hydrogen-bond acceptors (Lipinski definition) is 1. The number of thiophene rings is 1. The maximum absolute atomic E-state index is 2.27. The highest BCUT2D eigenvalue weighted by Crippen LogP contribution is 2.34. The van der Waals surface area contributed by atoms with Crippen molar-refractivity contribution in [2.75, 3.05) is 0 Å². The summed E-state index contributed by atoms with van der Waals surface area (Å²) in [6.45, 7) is 2.14. The molecule has 0 amide bonds. The summed E-state index contributed by atoms with van der Waals surface area (Å²) in [7, 11) is 0. The monoisotopic (exact) mass is 224 g/mol. The van der Waals surface area contributed by atoms with Crippen LogP contribution in [0.2, 0.25) is 0 Å². The first kappa shape index (κ1) is 9.61. The van der Waals surface area contributed by atoms with Gasteiger partial charge in [0.15, 0.2) is 0 Å². The molecule has 2 aromatic carbocycles. The average Bonchev–Trinajstić information content (AvgIpc) is 2.73. The SMILES string of the molecule is Cc1ccc2scc(-c3ccccc3)c2c1. The van der Waals surface area contributed by atoms with Crippen LogP contribution in [0.1, 0.15) is 5.56 Å². The molecule has 0 saturated carbocycles. The van der Waals surface area contributed by atoms with Crippen LogP contribution in [-0.2, 0) is 0 Å². The zero-order valence-corrected chi connectivity index (χ0v) is 9.92. The van der Waals surface area contributed by atoms with E-state index in [2.05, 4.69) is 60.8 Å². The summed E-state index contributed by atoms with van der Waals surface area (Å²) in [5.41, 5.74) is 3.98. The summed E-state index contributed by atoms with van der Waals surface area (Å²) >= 11 is 1.82. The second kappa shape index (κ2) is 3.76. The van der Waals surface area contributed by atoms with E-state index < -0.39 is 0 Å². The fraction of sp³-hybridized carbons (Fsp3) is 0.0667. The van der Waals surface area contributed by atoms with Crippen LogP contribution in [0.15, 0.2) is 53.9 Å². The van der Waals surface area contributed by atoms with Crippen LogP contribution in [-0.4, -0.2) is 0 Å². The Kier molecular flexibility index (Phi) is 2.26. The minimum atomic E-state index is 1.30. The van der Waals surface area contributed by atoms with Crippen LogP contribution < -0.4 is 0 Å². The van der Waals surface area contributed by atoms with E-state index in [0.29, 0.717) is 0 Å². The fourth-order valence-corrected chi connectivity index (χ4v) is 2.93. The summed E-state index contributed by atoms with van der Waals surface area (Å²) in [4.78, 5) is 0. The zero-order chi connectivity index (χ0) is 11.0. The topological polar surface area (TPSA) is 0 Å². The van der Waals surface area contributed by atoms with Gasteiger partial charge in [0, 0.05) is 15.6 Å². The molecule has 0 aliphatic rings. The standard InChI is InChI=1S/C15H12S/c1-11-7-8-15-13(9-11)14(10-16-15)12-5-3-2-4-6-12/h2-10H,1H3. The Morgan fingerprint density at radius 2 is 1.75 bits per heavy atom. The number of rotatable bonds is 1. The van der Waals surface area contributed by atoms with Crippen molar-refractivity contribution in [3.05, 3.63) is 59.5 Å². The molecule has 16 heavy (non-hydrogen) atoms. The van der Waals surface area contributed by atoms with Gasteiger partial charge in [0.25, 0.3) is 0 Å². The van der Waals surface area contributed by atoms with E-state index in [1.165, 1.54) is 26.8 Å². The maximum Gasteiger partial charge on any atom is 0.0349 e. The summed E-state index contributed by atoms with van der Waals surface area (Å²) in [6.07, 6.45) is 0. The van der Waals surface area contributed by atoms with Crippen LogP contribution in [0.4, 0.5) is 0 Å². The molecule has 0 aliphatic heterocycles. The molecule has 0 N–H and O–H groups in total. The van der Waals surface area contributed by atoms with Gasteiger partial charge in [-0.25, -0.2) is 0 Å². The molecular formula is C15H12S. The quantitative estimate of drug-likeness (QED) is 0.553. The van der Waals surface area contributed by atoms with E-state index in [1.54, 1.807) is 0 Å². The van der Waals surface area contributed by atoms with E-state index in [4.69, 9.17) is 0 Å². The van der Waals surface area contributed by atoms with Gasteiger partial charge in [-0.05, 0) is 30.0 Å². The molecule has 78 valence electrons. The molecular weight excluding hydrogens is 212 g/mol. The minimum absolute atomic E-state index is 1.30. The molecule has 0 unspecified atom stereocenters. The molecule has 0 fully saturated rings. The van der Waals surface area contributed by atoms with Gasteiger partial charge >= 0.3 is 0 Å². The van der Waals surface area contributed by atoms with E-state index in [9.17, 15) is 0 Å². The number of fused-ring (bicyclic) bond motifs is 1. The molecule has 0 bridgehead atoms. The van der Waals surface area contributed by atoms with Crippen molar-refractivity contribution >= 4 is 21.4 Å². The van der Waals surface area contributed by atoms with E-state index in [-0.39, 0.29) is 0 Å². The van der Waals surface area contributed by atoms with Gasteiger partial charge in [-0.2, -0.15) is 0 Å². The van der Waals surface area contributed by atoms with Crippen molar-refractivity contribution in [2.45, 2.75) is 6.92 Å². The number of hydrogen-bond donors (Lipinski definition) is 0. The lowest BCUT2D eigenvalue weighted by molar-refractivity contribution is 1.51. The lowest BCUT2D eigenvalue weighted by Crippen LogP contribution is -1.75. The highest BCUT2D eigenvalue weighted by Gasteiger charge is 2.05. The molecule has 0 aliphatic carbocycles. The van der Waals surface area contributed by atoms with Crippen molar-refractivity contribution in [2.24, 2.45) is 0 Å². The summed E-state index contributed by atoms with van der Waals surface area (Å²) < 4.78 is 1.37. The van der Waals surface area contributed by atoms with Crippen LogP contribution in [0, 0.1) is 6.92 Å². The third kappa shape index (κ3) is 1.54. The predicted octanol–water partition coefficient (Wildman–Crippen LogP) is 4.88.